The summed E-state index contributed by atoms with van der Waals surface area (Å²) in [5, 5.41) is 19.5. The predicted octanol–water partition coefficient (Wildman–Crippen LogP) is -0.202. The van der Waals surface area contributed by atoms with Crippen molar-refractivity contribution in [1.82, 2.24) is 0 Å². The molecule has 0 aliphatic rings. The molecular weight excluding hydrogens is 356 g/mol. The number of carboxylic acid groups (broad SMARTS) is 2. The van der Waals surface area contributed by atoms with E-state index < -0.39 is 24.8 Å². The molecule has 0 aromatic heterocycles. The molecule has 0 saturated carbocycles. The van der Waals surface area contributed by atoms with Crippen LogP contribution in [0, 0.1) is 0 Å². The summed E-state index contributed by atoms with van der Waals surface area (Å²) in [6.07, 6.45) is 2.22. The van der Waals surface area contributed by atoms with E-state index in [0.717, 1.165) is 6.42 Å². The molecule has 0 aliphatic carbocycles. The van der Waals surface area contributed by atoms with Crippen LogP contribution >= 0.6 is 0 Å². The number of Topliss-reactive ketones (excluding diaryl/α,β-unsaturated/α-hetero) is 2. The Morgan fingerprint density at radius 2 is 1.17 bits per heavy atom. The van der Waals surface area contributed by atoms with Gasteiger partial charge < -0.3 is 19.8 Å². The quantitative estimate of drug-likeness (QED) is 0.158. The Hall–Kier alpha value is -1.09. The zero-order valence-electron chi connectivity index (χ0n) is 14.4. The van der Waals surface area contributed by atoms with Crippen LogP contribution in [0.5, 0.6) is 0 Å². The van der Waals surface area contributed by atoms with Crippen LogP contribution in [0.4, 0.5) is 0 Å². The van der Waals surface area contributed by atoms with Gasteiger partial charge in [-0.25, -0.2) is 0 Å². The second-order valence-corrected chi connectivity index (χ2v) is 4.84. The van der Waals surface area contributed by atoms with Crippen LogP contribution < -0.4 is 10.2 Å². The number of aliphatic carboxylic acids is 2. The first kappa shape index (κ1) is 27.7. The van der Waals surface area contributed by atoms with E-state index in [1.54, 1.807) is 0 Å². The number of ketones is 2. The number of carbonyl (C=O) groups excluding carboxylic acids is 4. The minimum atomic E-state index is -1.28. The summed E-state index contributed by atoms with van der Waals surface area (Å²) in [6.45, 7) is 6.37. The van der Waals surface area contributed by atoms with Gasteiger partial charge in [0.25, 0.3) is 0 Å². The Kier molecular flexibility index (Phi) is 25.3. The summed E-state index contributed by atoms with van der Waals surface area (Å²) < 4.78 is 4.28. The molecule has 0 unspecified atom stereocenters. The van der Waals surface area contributed by atoms with Gasteiger partial charge in [-0.15, -0.1) is 0 Å². The molecule has 0 atom stereocenters. The Morgan fingerprint density at radius 3 is 1.33 bits per heavy atom. The van der Waals surface area contributed by atoms with Gasteiger partial charge in [0.05, 0.1) is 0 Å². The van der Waals surface area contributed by atoms with Crippen molar-refractivity contribution in [2.45, 2.75) is 65.7 Å². The molecule has 0 heterocycles. The Morgan fingerprint density at radius 1 is 0.792 bits per heavy atom. The average molecular weight is 381 g/mol. The second-order valence-electron chi connectivity index (χ2n) is 4.58. The monoisotopic (exact) mass is 381 g/mol. The van der Waals surface area contributed by atoms with E-state index in [0.29, 0.717) is 32.3 Å². The molecule has 24 heavy (non-hydrogen) atoms. The summed E-state index contributed by atoms with van der Waals surface area (Å²) in [7, 11) is 0. The van der Waals surface area contributed by atoms with Crippen molar-refractivity contribution in [2.24, 2.45) is 0 Å². The Labute approximate surface area is 154 Å². The number of carboxylic acids is 2. The van der Waals surface area contributed by atoms with Gasteiger partial charge in [-0.05, 0) is 12.8 Å². The third-order valence-electron chi connectivity index (χ3n) is 2.09. The van der Waals surface area contributed by atoms with E-state index in [1.165, 1.54) is 20.8 Å². The van der Waals surface area contributed by atoms with Crippen molar-refractivity contribution < 1.29 is 58.6 Å². The minimum absolute atomic E-state index is 0.252. The van der Waals surface area contributed by atoms with Crippen molar-refractivity contribution in [3.8, 4) is 0 Å². The third kappa shape index (κ3) is 32.7. The summed E-state index contributed by atoms with van der Waals surface area (Å²) in [5.41, 5.74) is 0. The number of carbonyl (C=O) groups is 4. The van der Waals surface area contributed by atoms with Gasteiger partial charge in [0.2, 0.25) is 0 Å². The van der Waals surface area contributed by atoms with Crippen LogP contribution in [0.3, 0.4) is 0 Å². The first-order valence-corrected chi connectivity index (χ1v) is 8.26. The van der Waals surface area contributed by atoms with Crippen LogP contribution in [0.1, 0.15) is 65.7 Å². The van der Waals surface area contributed by atoms with E-state index in [-0.39, 0.29) is 11.6 Å². The Bertz CT molecular complexity index is 323. The zero-order valence-corrected chi connectivity index (χ0v) is 16.0. The summed E-state index contributed by atoms with van der Waals surface area (Å²) >= 11 is 1.51. The molecule has 0 fully saturated rings. The normalized spacial score (nSPS) is 9.04. The molecule has 0 spiro atoms. The van der Waals surface area contributed by atoms with Gasteiger partial charge in [-0.1, -0.05) is 13.8 Å². The molecule has 0 amide bonds. The average Bonchev–Trinajstić information content (AvgIpc) is 2.45. The van der Waals surface area contributed by atoms with Crippen LogP contribution in [-0.4, -0.2) is 30.1 Å². The van der Waals surface area contributed by atoms with Crippen molar-refractivity contribution in [1.29, 1.82) is 0 Å². The van der Waals surface area contributed by atoms with E-state index in [9.17, 15) is 29.4 Å². The van der Waals surface area contributed by atoms with Gasteiger partial charge in [-0.2, -0.15) is 0 Å². The van der Waals surface area contributed by atoms with E-state index in [1.807, 2.05) is 20.8 Å². The molecule has 0 rings (SSSR count). The van der Waals surface area contributed by atoms with Gasteiger partial charge in [-0.3, -0.25) is 9.59 Å². The van der Waals surface area contributed by atoms with Gasteiger partial charge >= 0.3 is 49.1 Å². The first-order valence-electron chi connectivity index (χ1n) is 7.63. The molecule has 0 N–H and O–H groups in total. The zero-order chi connectivity index (χ0) is 19.4. The van der Waals surface area contributed by atoms with Crippen molar-refractivity contribution in [3.63, 3.8) is 0 Å². The molecule has 8 nitrogen and oxygen atoms in total. The fourth-order valence-corrected chi connectivity index (χ4v) is 1.31. The summed E-state index contributed by atoms with van der Waals surface area (Å²) in [4.78, 5) is 44.9. The summed E-state index contributed by atoms with van der Waals surface area (Å²) in [6, 6.07) is 0. The van der Waals surface area contributed by atoms with Gasteiger partial charge in [0.15, 0.2) is 0 Å². The summed E-state index contributed by atoms with van der Waals surface area (Å²) in [5.74, 6) is -3.07. The fraction of sp³-hybridized carbons (Fsp3) is 0.733. The standard InChI is InChI=1S/2C6H10O3.C3H8O2.Ti/c2*1-2-3-5(7)4-6(8)9;1-2-3-5-4;/h2*2-4H2,1H3,(H,8,9);4H,2-3H2,1H3;/q;;;+3/p-3. The van der Waals surface area contributed by atoms with Crippen LogP contribution in [0.15, 0.2) is 0 Å². The predicted molar refractivity (Wildman–Crippen MR) is 76.4 cm³/mol. The Balaban J connectivity index is -0.000000282. The molecule has 0 aromatic rings. The molecular formula is C15H25O8Ti. The molecule has 0 saturated heterocycles. The number of hydrogen-bond acceptors (Lipinski definition) is 8. The van der Waals surface area contributed by atoms with Gasteiger partial charge in [0.1, 0.15) is 11.6 Å². The van der Waals surface area contributed by atoms with Crippen LogP contribution in [0.2, 0.25) is 0 Å². The van der Waals surface area contributed by atoms with Crippen LogP contribution in [-0.2, 0) is 48.4 Å². The van der Waals surface area contributed by atoms with Gasteiger partial charge in [0, 0.05) is 37.6 Å². The molecule has 9 heteroatoms. The fourth-order valence-electron chi connectivity index (χ4n) is 1.18. The molecule has 0 aromatic carbocycles. The maximum absolute atomic E-state index is 10.4. The van der Waals surface area contributed by atoms with Crippen LogP contribution in [0.25, 0.3) is 0 Å². The SMILES string of the molecule is CCCC(=O)CC(=O)[O-].CCCC(=O)CC(=O)[O-].CCCO[O][Ti+2]. The maximum atomic E-state index is 10.4. The number of hydrogen-bond donors (Lipinski definition) is 0. The molecule has 137 valence electrons. The van der Waals surface area contributed by atoms with E-state index in [4.69, 9.17) is 0 Å². The van der Waals surface area contributed by atoms with Crippen molar-refractivity contribution >= 4 is 23.5 Å². The second kappa shape index (κ2) is 21.9. The molecule has 0 bridgehead atoms. The van der Waals surface area contributed by atoms with E-state index in [2.05, 4.69) is 8.36 Å². The van der Waals surface area contributed by atoms with Crippen molar-refractivity contribution in [3.05, 3.63) is 0 Å². The third-order valence-corrected chi connectivity index (χ3v) is 2.27. The topological polar surface area (TPSA) is 133 Å². The van der Waals surface area contributed by atoms with E-state index >= 15 is 0 Å². The number of rotatable bonds is 11. The molecule has 0 radical (unpaired) electrons. The first-order chi connectivity index (χ1) is 11.2. The molecule has 0 aliphatic heterocycles. The van der Waals surface area contributed by atoms with Crippen molar-refractivity contribution in [2.75, 3.05) is 6.61 Å².